The normalized spacial score (nSPS) is 10.5. The van der Waals surface area contributed by atoms with Crippen molar-refractivity contribution in [2.45, 2.75) is 19.8 Å². The van der Waals surface area contributed by atoms with Crippen LogP contribution in [0.2, 0.25) is 0 Å². The highest BCUT2D eigenvalue weighted by Crippen LogP contribution is 2.25. The third-order valence-electron chi connectivity index (χ3n) is 1.50. The van der Waals surface area contributed by atoms with Crippen LogP contribution >= 0.6 is 0 Å². The SMILES string of the molecule is C=Nc1c(C(C)C)cnn1F. The Morgan fingerprint density at radius 1 is 1.73 bits per heavy atom. The molecule has 0 aliphatic carbocycles. The Morgan fingerprint density at radius 3 is 2.73 bits per heavy atom. The molecule has 1 aromatic heterocycles. The highest BCUT2D eigenvalue weighted by atomic mass is 19.2. The lowest BCUT2D eigenvalue weighted by Gasteiger charge is -2.00. The number of halogens is 1. The van der Waals surface area contributed by atoms with Crippen LogP contribution in [-0.2, 0) is 0 Å². The molecular formula is C7H10FN3. The van der Waals surface area contributed by atoms with Gasteiger partial charge in [-0.2, -0.15) is 0 Å². The van der Waals surface area contributed by atoms with Gasteiger partial charge in [-0.1, -0.05) is 23.2 Å². The first-order valence-corrected chi connectivity index (χ1v) is 3.37. The molecule has 0 radical (unpaired) electrons. The fraction of sp³-hybridized carbons (Fsp3) is 0.429. The van der Waals surface area contributed by atoms with E-state index in [2.05, 4.69) is 16.8 Å². The molecule has 0 N–H and O–H groups in total. The van der Waals surface area contributed by atoms with Gasteiger partial charge in [0.05, 0.1) is 6.20 Å². The molecule has 1 aromatic rings. The second kappa shape index (κ2) is 2.82. The van der Waals surface area contributed by atoms with E-state index >= 15 is 0 Å². The second-order valence-electron chi connectivity index (χ2n) is 2.60. The fourth-order valence-corrected chi connectivity index (χ4v) is 0.889. The van der Waals surface area contributed by atoms with Crippen molar-refractivity contribution in [3.05, 3.63) is 11.8 Å². The van der Waals surface area contributed by atoms with Crippen LogP contribution < -0.4 is 0 Å². The van der Waals surface area contributed by atoms with Crippen molar-refractivity contribution in [3.8, 4) is 0 Å². The topological polar surface area (TPSA) is 30.2 Å². The van der Waals surface area contributed by atoms with E-state index in [1.54, 1.807) is 0 Å². The first-order chi connectivity index (χ1) is 5.16. The fourth-order valence-electron chi connectivity index (χ4n) is 0.889. The van der Waals surface area contributed by atoms with Gasteiger partial charge in [-0.15, -0.1) is 5.10 Å². The van der Waals surface area contributed by atoms with E-state index in [0.717, 1.165) is 5.56 Å². The van der Waals surface area contributed by atoms with Gasteiger partial charge < -0.3 is 0 Å². The van der Waals surface area contributed by atoms with E-state index in [-0.39, 0.29) is 16.6 Å². The van der Waals surface area contributed by atoms with Crippen molar-refractivity contribution >= 4 is 12.5 Å². The third kappa shape index (κ3) is 1.29. The Bertz CT molecular complexity index is 265. The van der Waals surface area contributed by atoms with Crippen LogP contribution in [0.5, 0.6) is 0 Å². The number of aliphatic imine (C=N–C) groups is 1. The molecule has 0 fully saturated rings. The zero-order valence-corrected chi connectivity index (χ0v) is 6.58. The van der Waals surface area contributed by atoms with Crippen LogP contribution in [0, 0.1) is 0 Å². The minimum Gasteiger partial charge on any atom is -0.243 e. The van der Waals surface area contributed by atoms with Gasteiger partial charge >= 0.3 is 0 Å². The maximum atomic E-state index is 12.6. The zero-order chi connectivity index (χ0) is 8.43. The summed E-state index contributed by atoms with van der Waals surface area (Å²) in [5.41, 5.74) is 0.780. The van der Waals surface area contributed by atoms with E-state index in [0.29, 0.717) is 0 Å². The molecule has 0 aliphatic rings. The summed E-state index contributed by atoms with van der Waals surface area (Å²) in [6, 6.07) is 0. The highest BCUT2D eigenvalue weighted by molar-refractivity contribution is 5.46. The van der Waals surface area contributed by atoms with Crippen molar-refractivity contribution in [3.63, 3.8) is 0 Å². The zero-order valence-electron chi connectivity index (χ0n) is 6.58. The van der Waals surface area contributed by atoms with Crippen molar-refractivity contribution in [2.24, 2.45) is 4.99 Å². The predicted octanol–water partition coefficient (Wildman–Crippen LogP) is 2.07. The summed E-state index contributed by atoms with van der Waals surface area (Å²) >= 11 is 0. The molecule has 0 atom stereocenters. The van der Waals surface area contributed by atoms with Gasteiger partial charge in [0, 0.05) is 5.56 Å². The molecule has 1 heterocycles. The molecule has 3 nitrogen and oxygen atoms in total. The quantitative estimate of drug-likeness (QED) is 0.601. The lowest BCUT2D eigenvalue weighted by molar-refractivity contribution is 0.321. The van der Waals surface area contributed by atoms with E-state index in [1.165, 1.54) is 6.20 Å². The molecular weight excluding hydrogens is 145 g/mol. The molecule has 0 saturated heterocycles. The number of aromatic nitrogens is 2. The molecule has 0 aliphatic heterocycles. The van der Waals surface area contributed by atoms with Crippen LogP contribution in [-0.4, -0.2) is 16.7 Å². The third-order valence-corrected chi connectivity index (χ3v) is 1.50. The number of nitrogens with zero attached hydrogens (tertiary/aromatic N) is 3. The summed E-state index contributed by atoms with van der Waals surface area (Å²) in [7, 11) is 0. The van der Waals surface area contributed by atoms with Gasteiger partial charge in [-0.25, -0.2) is 4.99 Å². The lowest BCUT2D eigenvalue weighted by atomic mass is 10.1. The molecule has 0 amide bonds. The Hall–Kier alpha value is -1.19. The summed E-state index contributed by atoms with van der Waals surface area (Å²) in [4.78, 5) is 3.77. The average molecular weight is 155 g/mol. The largest absolute Gasteiger partial charge is 0.243 e. The Morgan fingerprint density at radius 2 is 2.36 bits per heavy atom. The van der Waals surface area contributed by atoms with Crippen molar-refractivity contribution in [1.29, 1.82) is 0 Å². The first kappa shape index (κ1) is 7.91. The summed E-state index contributed by atoms with van der Waals surface area (Å²) in [5.74, 6) is 0.431. The Labute approximate surface area is 64.5 Å². The Kier molecular flexibility index (Phi) is 2.03. The van der Waals surface area contributed by atoms with Gasteiger partial charge in [0.1, 0.15) is 0 Å². The van der Waals surface area contributed by atoms with Crippen molar-refractivity contribution in [1.82, 2.24) is 10.0 Å². The van der Waals surface area contributed by atoms with E-state index in [1.807, 2.05) is 13.8 Å². The van der Waals surface area contributed by atoms with Gasteiger partial charge in [-0.05, 0) is 12.6 Å². The van der Waals surface area contributed by atoms with Crippen LogP contribution in [0.3, 0.4) is 0 Å². The first-order valence-electron chi connectivity index (χ1n) is 3.37. The second-order valence-corrected chi connectivity index (χ2v) is 2.60. The van der Waals surface area contributed by atoms with Crippen LogP contribution in [0.4, 0.5) is 10.3 Å². The lowest BCUT2D eigenvalue weighted by Crippen LogP contribution is -1.86. The summed E-state index contributed by atoms with van der Waals surface area (Å²) < 4.78 is 12.6. The summed E-state index contributed by atoms with van der Waals surface area (Å²) in [5, 5.41) is 3.42. The monoisotopic (exact) mass is 155 g/mol. The molecule has 1 rings (SSSR count). The average Bonchev–Trinajstić information content (AvgIpc) is 2.30. The number of rotatable bonds is 2. The van der Waals surface area contributed by atoms with Gasteiger partial charge in [0.15, 0.2) is 5.82 Å². The van der Waals surface area contributed by atoms with Crippen LogP contribution in [0.1, 0.15) is 25.3 Å². The molecule has 0 aromatic carbocycles. The summed E-state index contributed by atoms with van der Waals surface area (Å²) in [6.07, 6.45) is 1.47. The molecule has 4 heteroatoms. The van der Waals surface area contributed by atoms with Crippen molar-refractivity contribution in [2.75, 3.05) is 0 Å². The van der Waals surface area contributed by atoms with E-state index in [4.69, 9.17) is 0 Å². The van der Waals surface area contributed by atoms with E-state index < -0.39 is 0 Å². The minimum absolute atomic E-state index is 0.208. The minimum atomic E-state index is 0.208. The highest BCUT2D eigenvalue weighted by Gasteiger charge is 2.11. The molecule has 0 bridgehead atoms. The van der Waals surface area contributed by atoms with Gasteiger partial charge in [0.2, 0.25) is 0 Å². The molecule has 0 spiro atoms. The van der Waals surface area contributed by atoms with E-state index in [9.17, 15) is 4.48 Å². The number of hydrogen-bond acceptors (Lipinski definition) is 2. The maximum absolute atomic E-state index is 12.6. The smallest absolute Gasteiger partial charge is 0.188 e. The summed E-state index contributed by atoms with van der Waals surface area (Å²) in [6.45, 7) is 7.16. The maximum Gasteiger partial charge on any atom is 0.188 e. The van der Waals surface area contributed by atoms with Gasteiger partial charge in [0.25, 0.3) is 0 Å². The molecule has 60 valence electrons. The standard InChI is InChI=1S/C7H10FN3/c1-5(2)6-4-10-11(8)7(6)9-3/h4-5H,3H2,1-2H3. The number of hydrogen-bond donors (Lipinski definition) is 0. The van der Waals surface area contributed by atoms with Crippen LogP contribution in [0.15, 0.2) is 11.2 Å². The predicted molar refractivity (Wildman–Crippen MR) is 42.0 cm³/mol. The van der Waals surface area contributed by atoms with Crippen molar-refractivity contribution < 1.29 is 4.48 Å². The van der Waals surface area contributed by atoms with Gasteiger partial charge in [-0.3, -0.25) is 0 Å². The molecule has 11 heavy (non-hydrogen) atoms. The Balaban J connectivity index is 3.15. The molecule has 0 unspecified atom stereocenters. The molecule has 0 saturated carbocycles. The van der Waals surface area contributed by atoms with Crippen LogP contribution in [0.25, 0.3) is 0 Å².